The molecule has 0 unspecified atom stereocenters. The van der Waals surface area contributed by atoms with Gasteiger partial charge in [-0.25, -0.2) is 0 Å². The molecule has 0 aliphatic carbocycles. The number of unbranched alkanes of at least 4 members (excludes halogenated alkanes) is 3. The lowest BCUT2D eigenvalue weighted by molar-refractivity contribution is -0.114. The van der Waals surface area contributed by atoms with Crippen molar-refractivity contribution in [3.8, 4) is 17.2 Å². The number of hydrogen-bond acceptors (Lipinski definition) is 4. The highest BCUT2D eigenvalue weighted by molar-refractivity contribution is 5.93. The molecule has 31 heavy (non-hydrogen) atoms. The van der Waals surface area contributed by atoms with E-state index in [4.69, 9.17) is 9.47 Å². The van der Waals surface area contributed by atoms with Crippen LogP contribution in [0.15, 0.2) is 78.9 Å². The Labute approximate surface area is 184 Å². The fraction of sp³-hybridized carbons (Fsp3) is 0.269. The van der Waals surface area contributed by atoms with E-state index in [-0.39, 0.29) is 12.5 Å². The first-order valence-electron chi connectivity index (χ1n) is 10.8. The van der Waals surface area contributed by atoms with Crippen LogP contribution in [0.1, 0.15) is 32.6 Å². The lowest BCUT2D eigenvalue weighted by Gasteiger charge is -2.10. The molecule has 3 aromatic carbocycles. The van der Waals surface area contributed by atoms with Crippen LogP contribution in [-0.4, -0.2) is 19.1 Å². The molecule has 0 bridgehead atoms. The van der Waals surface area contributed by atoms with E-state index in [9.17, 15) is 4.79 Å². The van der Waals surface area contributed by atoms with Crippen LogP contribution in [0.25, 0.3) is 0 Å². The zero-order chi connectivity index (χ0) is 21.7. The molecule has 2 N–H and O–H groups in total. The third-order valence-electron chi connectivity index (χ3n) is 4.69. The standard InChI is InChI=1S/C26H30N2O3/c1-2-3-4-8-19-30-23-15-11-21(12-16-23)27-20-26(29)28-22-13-17-25(18-14-22)31-24-9-6-5-7-10-24/h5-7,9-18,27H,2-4,8,19-20H2,1H3,(H,28,29). The van der Waals surface area contributed by atoms with Gasteiger partial charge in [0.25, 0.3) is 0 Å². The maximum absolute atomic E-state index is 12.2. The molecule has 0 heterocycles. The highest BCUT2D eigenvalue weighted by Gasteiger charge is 2.04. The zero-order valence-electron chi connectivity index (χ0n) is 18.0. The summed E-state index contributed by atoms with van der Waals surface area (Å²) < 4.78 is 11.5. The number of ether oxygens (including phenoxy) is 2. The van der Waals surface area contributed by atoms with Crippen molar-refractivity contribution in [2.45, 2.75) is 32.6 Å². The van der Waals surface area contributed by atoms with Gasteiger partial charge in [0, 0.05) is 11.4 Å². The SMILES string of the molecule is CCCCCCOc1ccc(NCC(=O)Nc2ccc(Oc3ccccc3)cc2)cc1. The molecule has 0 saturated heterocycles. The molecule has 0 atom stereocenters. The second kappa shape index (κ2) is 12.3. The number of anilines is 2. The molecule has 5 heteroatoms. The molecule has 0 aromatic heterocycles. The number of benzene rings is 3. The third-order valence-corrected chi connectivity index (χ3v) is 4.69. The number of carbonyl (C=O) groups is 1. The van der Waals surface area contributed by atoms with Crippen molar-refractivity contribution < 1.29 is 14.3 Å². The molecular formula is C26H30N2O3. The Bertz CT molecular complexity index is 910. The summed E-state index contributed by atoms with van der Waals surface area (Å²) in [4.78, 5) is 12.2. The second-order valence-corrected chi connectivity index (χ2v) is 7.27. The zero-order valence-corrected chi connectivity index (χ0v) is 18.0. The number of carbonyl (C=O) groups excluding carboxylic acids is 1. The van der Waals surface area contributed by atoms with Gasteiger partial charge in [-0.15, -0.1) is 0 Å². The lowest BCUT2D eigenvalue weighted by Crippen LogP contribution is -2.21. The molecule has 0 radical (unpaired) electrons. The van der Waals surface area contributed by atoms with Gasteiger partial charge in [-0.05, 0) is 67.1 Å². The largest absolute Gasteiger partial charge is 0.494 e. The number of rotatable bonds is 12. The van der Waals surface area contributed by atoms with Crippen molar-refractivity contribution in [2.24, 2.45) is 0 Å². The van der Waals surface area contributed by atoms with E-state index in [2.05, 4.69) is 17.6 Å². The van der Waals surface area contributed by atoms with Crippen molar-refractivity contribution in [1.29, 1.82) is 0 Å². The minimum Gasteiger partial charge on any atom is -0.494 e. The van der Waals surface area contributed by atoms with E-state index in [1.54, 1.807) is 0 Å². The van der Waals surface area contributed by atoms with Crippen LogP contribution in [0.5, 0.6) is 17.2 Å². The van der Waals surface area contributed by atoms with Crippen LogP contribution in [0.2, 0.25) is 0 Å². The van der Waals surface area contributed by atoms with Crippen LogP contribution in [-0.2, 0) is 4.79 Å². The van der Waals surface area contributed by atoms with Crippen molar-refractivity contribution >= 4 is 17.3 Å². The monoisotopic (exact) mass is 418 g/mol. The van der Waals surface area contributed by atoms with Gasteiger partial charge in [0.05, 0.1) is 13.2 Å². The summed E-state index contributed by atoms with van der Waals surface area (Å²) >= 11 is 0. The molecule has 0 aliphatic heterocycles. The van der Waals surface area contributed by atoms with E-state index < -0.39 is 0 Å². The first-order chi connectivity index (χ1) is 15.2. The van der Waals surface area contributed by atoms with Gasteiger partial charge < -0.3 is 20.1 Å². The van der Waals surface area contributed by atoms with Gasteiger partial charge in [-0.2, -0.15) is 0 Å². The molecule has 0 fully saturated rings. The summed E-state index contributed by atoms with van der Waals surface area (Å²) in [6, 6.07) is 24.6. The predicted molar refractivity (Wildman–Crippen MR) is 126 cm³/mol. The number of hydrogen-bond donors (Lipinski definition) is 2. The van der Waals surface area contributed by atoms with E-state index in [0.717, 1.165) is 41.7 Å². The molecule has 3 aromatic rings. The average molecular weight is 419 g/mol. The van der Waals surface area contributed by atoms with Crippen molar-refractivity contribution in [2.75, 3.05) is 23.8 Å². The molecule has 1 amide bonds. The Hall–Kier alpha value is -3.47. The maximum atomic E-state index is 12.2. The molecular weight excluding hydrogens is 388 g/mol. The van der Waals surface area contributed by atoms with E-state index in [1.807, 2.05) is 78.9 Å². The fourth-order valence-corrected chi connectivity index (χ4v) is 3.01. The average Bonchev–Trinajstić information content (AvgIpc) is 2.80. The molecule has 0 saturated carbocycles. The Morgan fingerprint density at radius 1 is 0.742 bits per heavy atom. The smallest absolute Gasteiger partial charge is 0.243 e. The molecule has 3 rings (SSSR count). The van der Waals surface area contributed by atoms with E-state index in [1.165, 1.54) is 19.3 Å². The maximum Gasteiger partial charge on any atom is 0.243 e. The topological polar surface area (TPSA) is 59.6 Å². The minimum atomic E-state index is -0.118. The van der Waals surface area contributed by atoms with E-state index >= 15 is 0 Å². The van der Waals surface area contributed by atoms with Crippen LogP contribution in [0.3, 0.4) is 0 Å². The highest BCUT2D eigenvalue weighted by Crippen LogP contribution is 2.22. The van der Waals surface area contributed by atoms with Gasteiger partial charge in [0.1, 0.15) is 17.2 Å². The second-order valence-electron chi connectivity index (χ2n) is 7.27. The van der Waals surface area contributed by atoms with Gasteiger partial charge in [0.2, 0.25) is 5.91 Å². The summed E-state index contributed by atoms with van der Waals surface area (Å²) in [6.07, 6.45) is 4.75. The summed E-state index contributed by atoms with van der Waals surface area (Å²) in [5.41, 5.74) is 1.60. The van der Waals surface area contributed by atoms with Gasteiger partial charge in [0.15, 0.2) is 0 Å². The van der Waals surface area contributed by atoms with Crippen molar-refractivity contribution in [1.82, 2.24) is 0 Å². The quantitative estimate of drug-likeness (QED) is 0.330. The van der Waals surface area contributed by atoms with Crippen LogP contribution < -0.4 is 20.1 Å². The molecule has 0 aliphatic rings. The van der Waals surface area contributed by atoms with Gasteiger partial charge >= 0.3 is 0 Å². The fourth-order valence-electron chi connectivity index (χ4n) is 3.01. The van der Waals surface area contributed by atoms with E-state index in [0.29, 0.717) is 0 Å². The van der Waals surface area contributed by atoms with Crippen molar-refractivity contribution in [3.05, 3.63) is 78.9 Å². The Kier molecular flexibility index (Phi) is 8.80. The predicted octanol–water partition coefficient (Wildman–Crippen LogP) is 6.49. The highest BCUT2D eigenvalue weighted by atomic mass is 16.5. The Morgan fingerprint density at radius 3 is 2.10 bits per heavy atom. The molecule has 5 nitrogen and oxygen atoms in total. The summed E-state index contributed by atoms with van der Waals surface area (Å²) in [7, 11) is 0. The number of para-hydroxylation sites is 1. The Balaban J connectivity index is 1.38. The minimum absolute atomic E-state index is 0.118. The van der Waals surface area contributed by atoms with Crippen LogP contribution in [0, 0.1) is 0 Å². The summed E-state index contributed by atoms with van der Waals surface area (Å²) in [5.74, 6) is 2.23. The van der Waals surface area contributed by atoms with Crippen molar-refractivity contribution in [3.63, 3.8) is 0 Å². The summed E-state index contributed by atoms with van der Waals surface area (Å²) in [5, 5.41) is 6.01. The normalized spacial score (nSPS) is 10.4. The van der Waals surface area contributed by atoms with Crippen LogP contribution >= 0.6 is 0 Å². The summed E-state index contributed by atoms with van der Waals surface area (Å²) in [6.45, 7) is 3.12. The first-order valence-corrected chi connectivity index (χ1v) is 10.8. The number of nitrogens with one attached hydrogen (secondary N) is 2. The first kappa shape index (κ1) is 22.2. The van der Waals surface area contributed by atoms with Crippen LogP contribution in [0.4, 0.5) is 11.4 Å². The lowest BCUT2D eigenvalue weighted by atomic mass is 10.2. The van der Waals surface area contributed by atoms with Gasteiger partial charge in [-0.3, -0.25) is 4.79 Å². The molecule has 162 valence electrons. The Morgan fingerprint density at radius 2 is 1.39 bits per heavy atom. The number of amides is 1. The van der Waals surface area contributed by atoms with Gasteiger partial charge in [-0.1, -0.05) is 44.4 Å². The third kappa shape index (κ3) is 8.05. The molecule has 0 spiro atoms.